The van der Waals surface area contributed by atoms with E-state index in [9.17, 15) is 18.8 Å². The molecule has 3 aromatic rings. The van der Waals surface area contributed by atoms with Gasteiger partial charge < -0.3 is 5.32 Å². The summed E-state index contributed by atoms with van der Waals surface area (Å²) in [5, 5.41) is 2.47. The van der Waals surface area contributed by atoms with Crippen LogP contribution in [-0.4, -0.2) is 35.0 Å². The lowest BCUT2D eigenvalue weighted by Gasteiger charge is -2.19. The number of imide groups is 1. The number of carbonyl (C=O) groups excluding carboxylic acids is 3. The van der Waals surface area contributed by atoms with Crippen LogP contribution in [0.15, 0.2) is 89.8 Å². The molecule has 33 heavy (non-hydrogen) atoms. The first-order valence-electron chi connectivity index (χ1n) is 10.4. The van der Waals surface area contributed by atoms with Crippen LogP contribution in [0.4, 0.5) is 9.18 Å². The predicted octanol–water partition coefficient (Wildman–Crippen LogP) is 4.81. The fourth-order valence-corrected chi connectivity index (χ4v) is 4.45. The van der Waals surface area contributed by atoms with Crippen LogP contribution in [0.2, 0.25) is 0 Å². The van der Waals surface area contributed by atoms with Gasteiger partial charge in [0.05, 0.1) is 10.8 Å². The quantitative estimate of drug-likeness (QED) is 0.514. The number of carbonyl (C=O) groups is 3. The molecule has 0 atom stereocenters. The van der Waals surface area contributed by atoms with E-state index in [1.807, 2.05) is 60.7 Å². The Labute approximate surface area is 195 Å². The van der Waals surface area contributed by atoms with E-state index in [0.717, 1.165) is 27.8 Å². The van der Waals surface area contributed by atoms with Gasteiger partial charge >= 0.3 is 0 Å². The Morgan fingerprint density at radius 2 is 1.48 bits per heavy atom. The molecule has 3 aromatic carbocycles. The van der Waals surface area contributed by atoms with Crippen LogP contribution < -0.4 is 5.32 Å². The molecule has 1 aliphatic rings. The van der Waals surface area contributed by atoms with E-state index >= 15 is 0 Å². The summed E-state index contributed by atoms with van der Waals surface area (Å²) in [5.74, 6) is -1.51. The summed E-state index contributed by atoms with van der Waals surface area (Å²) >= 11 is 0.832. The molecule has 0 bridgehead atoms. The molecular formula is C26H21FN2O3S. The summed E-state index contributed by atoms with van der Waals surface area (Å²) < 4.78 is 13.1. The van der Waals surface area contributed by atoms with E-state index in [2.05, 4.69) is 5.32 Å². The maximum atomic E-state index is 13.1. The largest absolute Gasteiger partial charge is 0.353 e. The fourth-order valence-electron chi connectivity index (χ4n) is 3.58. The lowest BCUT2D eigenvalue weighted by Crippen LogP contribution is -2.39. The van der Waals surface area contributed by atoms with Crippen LogP contribution in [0.25, 0.3) is 6.08 Å². The first-order chi connectivity index (χ1) is 16.0. The number of amides is 3. The predicted molar refractivity (Wildman–Crippen MR) is 127 cm³/mol. The van der Waals surface area contributed by atoms with Gasteiger partial charge in [0.2, 0.25) is 5.91 Å². The third kappa shape index (κ3) is 5.38. The van der Waals surface area contributed by atoms with Gasteiger partial charge in [-0.3, -0.25) is 19.3 Å². The van der Waals surface area contributed by atoms with E-state index in [-0.39, 0.29) is 29.7 Å². The summed E-state index contributed by atoms with van der Waals surface area (Å²) in [6, 6.07) is 24.6. The van der Waals surface area contributed by atoms with Crippen molar-refractivity contribution >= 4 is 34.9 Å². The van der Waals surface area contributed by atoms with Gasteiger partial charge in [0.25, 0.3) is 11.1 Å². The maximum absolute atomic E-state index is 13.1. The average molecular weight is 461 g/mol. The molecule has 0 spiro atoms. The molecule has 1 aliphatic heterocycles. The number of hydrogen-bond acceptors (Lipinski definition) is 4. The van der Waals surface area contributed by atoms with Crippen molar-refractivity contribution in [2.45, 2.75) is 5.92 Å². The molecule has 0 radical (unpaired) electrons. The Kier molecular flexibility index (Phi) is 7.00. The van der Waals surface area contributed by atoms with Gasteiger partial charge in [-0.25, -0.2) is 4.39 Å². The van der Waals surface area contributed by atoms with Crippen LogP contribution in [-0.2, 0) is 9.59 Å². The summed E-state index contributed by atoms with van der Waals surface area (Å²) in [4.78, 5) is 39.5. The minimum absolute atomic E-state index is 0.0630. The van der Waals surface area contributed by atoms with E-state index in [1.54, 1.807) is 6.08 Å². The van der Waals surface area contributed by atoms with Crippen LogP contribution >= 0.6 is 11.8 Å². The summed E-state index contributed by atoms with van der Waals surface area (Å²) in [5.41, 5.74) is 2.34. The number of nitrogens with one attached hydrogen (secondary N) is 1. The van der Waals surface area contributed by atoms with Crippen molar-refractivity contribution < 1.29 is 18.8 Å². The molecule has 1 heterocycles. The zero-order chi connectivity index (χ0) is 23.2. The number of rotatable bonds is 7. The molecule has 1 N–H and O–H groups in total. The smallest absolute Gasteiger partial charge is 0.293 e. The average Bonchev–Trinajstić information content (AvgIpc) is 3.09. The van der Waals surface area contributed by atoms with Crippen molar-refractivity contribution in [3.8, 4) is 0 Å². The molecule has 1 saturated heterocycles. The molecule has 0 saturated carbocycles. The monoisotopic (exact) mass is 460 g/mol. The minimum atomic E-state index is -0.499. The molecule has 4 rings (SSSR count). The number of nitrogens with zero attached hydrogens (tertiary/aromatic N) is 1. The number of benzene rings is 3. The summed E-state index contributed by atoms with van der Waals surface area (Å²) in [6.45, 7) is 0.199. The molecular weight excluding hydrogens is 439 g/mol. The molecule has 1 fully saturated rings. The van der Waals surface area contributed by atoms with E-state index < -0.39 is 17.1 Å². The van der Waals surface area contributed by atoms with Gasteiger partial charge in [-0.15, -0.1) is 0 Å². The van der Waals surface area contributed by atoms with Gasteiger partial charge in [-0.1, -0.05) is 72.8 Å². The van der Waals surface area contributed by atoms with E-state index in [4.69, 9.17) is 0 Å². The topological polar surface area (TPSA) is 66.5 Å². The summed E-state index contributed by atoms with van der Waals surface area (Å²) in [7, 11) is 0. The highest BCUT2D eigenvalue weighted by Gasteiger charge is 2.35. The van der Waals surface area contributed by atoms with E-state index in [1.165, 1.54) is 24.3 Å². The maximum Gasteiger partial charge on any atom is 0.293 e. The van der Waals surface area contributed by atoms with Crippen LogP contribution in [0.1, 0.15) is 22.6 Å². The lowest BCUT2D eigenvalue weighted by molar-refractivity contribution is -0.124. The fraction of sp³-hybridized carbons (Fsp3) is 0.115. The molecule has 0 unspecified atom stereocenters. The minimum Gasteiger partial charge on any atom is -0.353 e. The third-order valence-electron chi connectivity index (χ3n) is 5.20. The van der Waals surface area contributed by atoms with Gasteiger partial charge in [-0.05, 0) is 46.7 Å². The molecule has 0 aromatic heterocycles. The number of thioether (sulfide) groups is 1. The normalized spacial score (nSPS) is 14.8. The molecule has 7 heteroatoms. The van der Waals surface area contributed by atoms with Gasteiger partial charge in [0.15, 0.2) is 0 Å². The first kappa shape index (κ1) is 22.5. The van der Waals surface area contributed by atoms with Crippen molar-refractivity contribution in [2.75, 3.05) is 13.1 Å². The van der Waals surface area contributed by atoms with Crippen molar-refractivity contribution in [1.82, 2.24) is 10.2 Å². The SMILES string of the molecule is O=C(NCCN1C(=O)S/C(=C\c2ccc(F)cc2)C1=O)C(c1ccccc1)c1ccccc1. The lowest BCUT2D eigenvalue weighted by atomic mass is 9.90. The molecule has 166 valence electrons. The highest BCUT2D eigenvalue weighted by atomic mass is 32.2. The molecule has 0 aliphatic carbocycles. The molecule has 5 nitrogen and oxygen atoms in total. The Hall–Kier alpha value is -3.71. The Bertz CT molecular complexity index is 1140. The van der Waals surface area contributed by atoms with Crippen molar-refractivity contribution in [3.05, 3.63) is 112 Å². The zero-order valence-corrected chi connectivity index (χ0v) is 18.4. The van der Waals surface area contributed by atoms with E-state index in [0.29, 0.717) is 5.56 Å². The Morgan fingerprint density at radius 3 is 2.06 bits per heavy atom. The molecule has 3 amide bonds. The second-order valence-electron chi connectivity index (χ2n) is 7.43. The summed E-state index contributed by atoms with van der Waals surface area (Å²) in [6.07, 6.45) is 1.56. The first-order valence-corrected chi connectivity index (χ1v) is 11.2. The van der Waals surface area contributed by atoms with Crippen molar-refractivity contribution in [1.29, 1.82) is 0 Å². The van der Waals surface area contributed by atoms with Crippen LogP contribution in [0.3, 0.4) is 0 Å². The highest BCUT2D eigenvalue weighted by Crippen LogP contribution is 2.32. The number of halogens is 1. The van der Waals surface area contributed by atoms with Gasteiger partial charge in [-0.2, -0.15) is 0 Å². The van der Waals surface area contributed by atoms with Crippen molar-refractivity contribution in [3.63, 3.8) is 0 Å². The second kappa shape index (κ2) is 10.3. The van der Waals surface area contributed by atoms with Crippen LogP contribution in [0.5, 0.6) is 0 Å². The second-order valence-corrected chi connectivity index (χ2v) is 8.42. The Morgan fingerprint density at radius 1 is 0.909 bits per heavy atom. The van der Waals surface area contributed by atoms with Crippen molar-refractivity contribution in [2.24, 2.45) is 0 Å². The van der Waals surface area contributed by atoms with Gasteiger partial charge in [0.1, 0.15) is 5.82 Å². The Balaban J connectivity index is 1.41. The zero-order valence-electron chi connectivity index (χ0n) is 17.6. The van der Waals surface area contributed by atoms with Crippen LogP contribution in [0, 0.1) is 5.82 Å². The highest BCUT2D eigenvalue weighted by molar-refractivity contribution is 8.18. The third-order valence-corrected chi connectivity index (χ3v) is 6.11. The number of hydrogen-bond donors (Lipinski definition) is 1. The standard InChI is InChI=1S/C26H21FN2O3S/c27-21-13-11-18(12-14-21)17-22-25(31)29(26(32)33-22)16-15-28-24(30)23(19-7-3-1-4-8-19)20-9-5-2-6-10-20/h1-14,17,23H,15-16H2,(H,28,30)/b22-17-. The van der Waals surface area contributed by atoms with Gasteiger partial charge in [0, 0.05) is 13.1 Å².